The Morgan fingerprint density at radius 3 is 2.57 bits per heavy atom. The van der Waals surface area contributed by atoms with Crippen molar-refractivity contribution in [1.82, 2.24) is 0 Å². The highest BCUT2D eigenvalue weighted by molar-refractivity contribution is 7.99. The first-order valence-electron chi connectivity index (χ1n) is 6.95. The first kappa shape index (κ1) is 17.4. The number of benzene rings is 2. The van der Waals surface area contributed by atoms with Crippen LogP contribution in [0.2, 0.25) is 0 Å². The molecule has 122 valence electrons. The summed E-state index contributed by atoms with van der Waals surface area (Å²) in [7, 11) is 0. The summed E-state index contributed by atoms with van der Waals surface area (Å²) >= 11 is 1.42. The minimum Gasteiger partial charge on any atom is -0.325 e. The third kappa shape index (κ3) is 5.32. The van der Waals surface area contributed by atoms with Crippen LogP contribution in [0.3, 0.4) is 0 Å². The second kappa shape index (κ2) is 7.55. The zero-order chi connectivity index (χ0) is 16.9. The molecule has 0 heterocycles. The van der Waals surface area contributed by atoms with E-state index < -0.39 is 11.7 Å². The zero-order valence-corrected chi connectivity index (χ0v) is 13.3. The third-order valence-corrected chi connectivity index (χ3v) is 4.21. The monoisotopic (exact) mass is 339 g/mol. The van der Waals surface area contributed by atoms with Crippen molar-refractivity contribution in [2.24, 2.45) is 0 Å². The van der Waals surface area contributed by atoms with Gasteiger partial charge in [0.25, 0.3) is 0 Å². The zero-order valence-electron chi connectivity index (χ0n) is 12.5. The SMILES string of the molecule is Cc1ccccc1CSCC(=O)Nc1cccc(C(F)(F)F)c1. The Balaban J connectivity index is 1.87. The molecule has 0 atom stereocenters. The molecule has 2 aromatic rings. The van der Waals surface area contributed by atoms with Crippen LogP contribution >= 0.6 is 11.8 Å². The number of aryl methyl sites for hydroxylation is 1. The van der Waals surface area contributed by atoms with E-state index in [1.807, 2.05) is 31.2 Å². The van der Waals surface area contributed by atoms with Crippen LogP contribution in [0, 0.1) is 6.92 Å². The third-order valence-electron chi connectivity index (χ3n) is 3.23. The van der Waals surface area contributed by atoms with Crippen molar-refractivity contribution < 1.29 is 18.0 Å². The van der Waals surface area contributed by atoms with Crippen LogP contribution in [-0.2, 0) is 16.7 Å². The summed E-state index contributed by atoms with van der Waals surface area (Å²) in [6.07, 6.45) is -4.42. The summed E-state index contributed by atoms with van der Waals surface area (Å²) in [4.78, 5) is 11.8. The van der Waals surface area contributed by atoms with Crippen molar-refractivity contribution in [2.75, 3.05) is 11.1 Å². The van der Waals surface area contributed by atoms with Gasteiger partial charge in [-0.1, -0.05) is 30.3 Å². The van der Waals surface area contributed by atoms with Crippen molar-refractivity contribution in [3.8, 4) is 0 Å². The standard InChI is InChI=1S/C17H16F3NOS/c1-12-5-2-3-6-13(12)10-23-11-16(22)21-15-8-4-7-14(9-15)17(18,19)20/h2-9H,10-11H2,1H3,(H,21,22). The number of halogens is 3. The van der Waals surface area contributed by atoms with E-state index in [9.17, 15) is 18.0 Å². The van der Waals surface area contributed by atoms with Gasteiger partial charge in [0.1, 0.15) is 0 Å². The molecule has 2 rings (SSSR count). The molecule has 23 heavy (non-hydrogen) atoms. The van der Waals surface area contributed by atoms with Gasteiger partial charge < -0.3 is 5.32 Å². The number of thioether (sulfide) groups is 1. The van der Waals surface area contributed by atoms with Gasteiger partial charge in [0.05, 0.1) is 11.3 Å². The van der Waals surface area contributed by atoms with Crippen molar-refractivity contribution in [1.29, 1.82) is 0 Å². The number of carbonyl (C=O) groups is 1. The van der Waals surface area contributed by atoms with Gasteiger partial charge in [-0.2, -0.15) is 13.2 Å². The first-order chi connectivity index (χ1) is 10.9. The number of carbonyl (C=O) groups excluding carboxylic acids is 1. The van der Waals surface area contributed by atoms with Crippen LogP contribution in [0.1, 0.15) is 16.7 Å². The maximum atomic E-state index is 12.6. The molecule has 1 N–H and O–H groups in total. The molecular formula is C17H16F3NOS. The lowest BCUT2D eigenvalue weighted by Crippen LogP contribution is -2.15. The average Bonchev–Trinajstić information content (AvgIpc) is 2.48. The molecule has 0 spiro atoms. The molecular weight excluding hydrogens is 323 g/mol. The van der Waals surface area contributed by atoms with Gasteiger partial charge in [0.15, 0.2) is 0 Å². The molecule has 0 radical (unpaired) electrons. The number of nitrogens with one attached hydrogen (secondary N) is 1. The van der Waals surface area contributed by atoms with E-state index in [1.54, 1.807) is 0 Å². The number of amides is 1. The number of hydrogen-bond donors (Lipinski definition) is 1. The fourth-order valence-corrected chi connectivity index (χ4v) is 2.90. The Kier molecular flexibility index (Phi) is 5.71. The fourth-order valence-electron chi connectivity index (χ4n) is 2.00. The summed E-state index contributed by atoms with van der Waals surface area (Å²) in [5.41, 5.74) is 1.67. The summed E-state index contributed by atoms with van der Waals surface area (Å²) < 4.78 is 37.8. The molecule has 2 nitrogen and oxygen atoms in total. The van der Waals surface area contributed by atoms with Crippen LogP contribution in [0.5, 0.6) is 0 Å². The second-order valence-electron chi connectivity index (χ2n) is 5.05. The molecule has 0 aliphatic rings. The lowest BCUT2D eigenvalue weighted by atomic mass is 10.1. The average molecular weight is 339 g/mol. The lowest BCUT2D eigenvalue weighted by Gasteiger charge is -2.10. The molecule has 0 aromatic heterocycles. The minimum atomic E-state index is -4.42. The van der Waals surface area contributed by atoms with E-state index in [0.29, 0.717) is 5.75 Å². The highest BCUT2D eigenvalue weighted by atomic mass is 32.2. The predicted octanol–water partition coefficient (Wildman–Crippen LogP) is 4.89. The van der Waals surface area contributed by atoms with Crippen LogP contribution in [0.4, 0.5) is 18.9 Å². The lowest BCUT2D eigenvalue weighted by molar-refractivity contribution is -0.137. The first-order valence-corrected chi connectivity index (χ1v) is 8.11. The Morgan fingerprint density at radius 2 is 1.87 bits per heavy atom. The number of alkyl halides is 3. The van der Waals surface area contributed by atoms with Gasteiger partial charge in [0.2, 0.25) is 5.91 Å². The highest BCUT2D eigenvalue weighted by Gasteiger charge is 2.30. The molecule has 1 amide bonds. The van der Waals surface area contributed by atoms with Crippen LogP contribution < -0.4 is 5.32 Å². The van der Waals surface area contributed by atoms with E-state index in [4.69, 9.17) is 0 Å². The number of hydrogen-bond acceptors (Lipinski definition) is 2. The summed E-state index contributed by atoms with van der Waals surface area (Å²) in [5.74, 6) is 0.552. The summed E-state index contributed by atoms with van der Waals surface area (Å²) in [5, 5.41) is 2.50. The molecule has 6 heteroatoms. The van der Waals surface area contributed by atoms with Crippen molar-refractivity contribution in [2.45, 2.75) is 18.9 Å². The van der Waals surface area contributed by atoms with Crippen molar-refractivity contribution in [3.05, 3.63) is 65.2 Å². The minimum absolute atomic E-state index is 0.154. The van der Waals surface area contributed by atoms with Crippen LogP contribution in [0.15, 0.2) is 48.5 Å². The van der Waals surface area contributed by atoms with Crippen LogP contribution in [-0.4, -0.2) is 11.7 Å². The van der Waals surface area contributed by atoms with Crippen molar-refractivity contribution >= 4 is 23.4 Å². The van der Waals surface area contributed by atoms with Gasteiger partial charge in [-0.05, 0) is 36.2 Å². The molecule has 0 saturated carbocycles. The van der Waals surface area contributed by atoms with Crippen LogP contribution in [0.25, 0.3) is 0 Å². The maximum absolute atomic E-state index is 12.6. The van der Waals surface area contributed by atoms with E-state index in [2.05, 4.69) is 5.32 Å². The van der Waals surface area contributed by atoms with Gasteiger partial charge in [0, 0.05) is 11.4 Å². The molecule has 0 bridgehead atoms. The number of anilines is 1. The van der Waals surface area contributed by atoms with E-state index in [1.165, 1.54) is 23.9 Å². The molecule has 0 fully saturated rings. The topological polar surface area (TPSA) is 29.1 Å². The smallest absolute Gasteiger partial charge is 0.325 e. The van der Waals surface area contributed by atoms with E-state index in [0.717, 1.165) is 23.3 Å². The molecule has 0 aliphatic carbocycles. The van der Waals surface area contributed by atoms with Gasteiger partial charge in [-0.3, -0.25) is 4.79 Å². The maximum Gasteiger partial charge on any atom is 0.416 e. The van der Waals surface area contributed by atoms with Crippen molar-refractivity contribution in [3.63, 3.8) is 0 Å². The van der Waals surface area contributed by atoms with Gasteiger partial charge in [-0.25, -0.2) is 0 Å². The normalized spacial score (nSPS) is 11.3. The molecule has 0 aliphatic heterocycles. The van der Waals surface area contributed by atoms with E-state index >= 15 is 0 Å². The highest BCUT2D eigenvalue weighted by Crippen LogP contribution is 2.30. The fraction of sp³-hybridized carbons (Fsp3) is 0.235. The Labute approximate surface area is 137 Å². The second-order valence-corrected chi connectivity index (χ2v) is 6.03. The Morgan fingerprint density at radius 1 is 1.13 bits per heavy atom. The molecule has 0 saturated heterocycles. The molecule has 2 aromatic carbocycles. The summed E-state index contributed by atoms with van der Waals surface area (Å²) in [6.45, 7) is 2.00. The molecule has 0 unspecified atom stereocenters. The predicted molar refractivity (Wildman–Crippen MR) is 87.4 cm³/mol. The quantitative estimate of drug-likeness (QED) is 0.841. The largest absolute Gasteiger partial charge is 0.416 e. The Hall–Kier alpha value is -1.95. The van der Waals surface area contributed by atoms with E-state index in [-0.39, 0.29) is 17.3 Å². The van der Waals surface area contributed by atoms with Gasteiger partial charge in [-0.15, -0.1) is 11.8 Å². The summed E-state index contributed by atoms with van der Waals surface area (Å²) in [6, 6.07) is 12.5. The Bertz CT molecular complexity index is 686. The van der Waals surface area contributed by atoms with Gasteiger partial charge >= 0.3 is 6.18 Å². The number of rotatable bonds is 5.